The van der Waals surface area contributed by atoms with Crippen molar-refractivity contribution in [2.24, 2.45) is 0 Å². The Hall–Kier alpha value is -0.620. The minimum atomic E-state index is 0. The van der Waals surface area contributed by atoms with Crippen LogP contribution in [-0.2, 0) is 4.79 Å². The van der Waals surface area contributed by atoms with E-state index in [1.807, 2.05) is 31.3 Å². The molecule has 0 spiro atoms. The van der Waals surface area contributed by atoms with E-state index in [-0.39, 0.29) is 18.3 Å². The van der Waals surface area contributed by atoms with Crippen LogP contribution in [0.3, 0.4) is 0 Å². The van der Waals surface area contributed by atoms with Crippen molar-refractivity contribution in [3.8, 4) is 0 Å². The van der Waals surface area contributed by atoms with E-state index in [4.69, 9.17) is 0 Å². The van der Waals surface area contributed by atoms with E-state index < -0.39 is 0 Å². The monoisotopic (exact) mass is 361 g/mol. The van der Waals surface area contributed by atoms with Crippen molar-refractivity contribution in [1.82, 2.24) is 10.2 Å². The molecule has 4 nitrogen and oxygen atoms in total. The Kier molecular flexibility index (Phi) is 7.51. The van der Waals surface area contributed by atoms with Crippen LogP contribution < -0.4 is 10.6 Å². The van der Waals surface area contributed by atoms with Gasteiger partial charge in [-0.25, -0.2) is 0 Å². The standard InChI is InChI=1S/C14H20BrN3O.ClH/c1-16-11-5-4-8-18(9-11)10-14(19)17-13-7-3-2-6-12(13)15;/h2-3,6-7,11,16H,4-5,8-10H2,1H3,(H,17,19);1H. The molecular formula is C14H21BrClN3O. The van der Waals surface area contributed by atoms with Gasteiger partial charge in [0.05, 0.1) is 12.2 Å². The van der Waals surface area contributed by atoms with E-state index in [9.17, 15) is 4.79 Å². The Morgan fingerprint density at radius 1 is 1.45 bits per heavy atom. The van der Waals surface area contributed by atoms with Crippen LogP contribution in [0.4, 0.5) is 5.69 Å². The van der Waals surface area contributed by atoms with Crippen molar-refractivity contribution in [2.75, 3.05) is 32.0 Å². The number of halogens is 2. The summed E-state index contributed by atoms with van der Waals surface area (Å²) in [5.74, 6) is 0.0450. The third-order valence-electron chi connectivity index (χ3n) is 3.43. The Balaban J connectivity index is 0.00000200. The van der Waals surface area contributed by atoms with Crippen molar-refractivity contribution in [3.05, 3.63) is 28.7 Å². The predicted octanol–water partition coefficient (Wildman–Crippen LogP) is 2.49. The number of anilines is 1. The van der Waals surface area contributed by atoms with Gasteiger partial charge in [-0.2, -0.15) is 0 Å². The molecule has 1 aromatic carbocycles. The molecular weight excluding hydrogens is 342 g/mol. The minimum absolute atomic E-state index is 0. The summed E-state index contributed by atoms with van der Waals surface area (Å²) in [5.41, 5.74) is 0.828. The van der Waals surface area contributed by atoms with Crippen molar-refractivity contribution < 1.29 is 4.79 Å². The molecule has 1 aliphatic heterocycles. The first kappa shape index (κ1) is 17.4. The van der Waals surface area contributed by atoms with E-state index in [1.165, 1.54) is 6.42 Å². The Bertz CT molecular complexity index is 444. The molecule has 1 saturated heterocycles. The molecule has 1 fully saturated rings. The lowest BCUT2D eigenvalue weighted by molar-refractivity contribution is -0.117. The second kappa shape index (κ2) is 8.62. The highest BCUT2D eigenvalue weighted by atomic mass is 79.9. The lowest BCUT2D eigenvalue weighted by Gasteiger charge is -2.31. The fourth-order valence-corrected chi connectivity index (χ4v) is 2.77. The van der Waals surface area contributed by atoms with E-state index in [0.29, 0.717) is 12.6 Å². The average Bonchev–Trinajstić information content (AvgIpc) is 2.41. The summed E-state index contributed by atoms with van der Waals surface area (Å²) in [6.45, 7) is 2.40. The topological polar surface area (TPSA) is 44.4 Å². The van der Waals surface area contributed by atoms with Crippen LogP contribution in [0.5, 0.6) is 0 Å². The van der Waals surface area contributed by atoms with Gasteiger partial charge in [-0.15, -0.1) is 12.4 Å². The summed E-state index contributed by atoms with van der Waals surface area (Å²) in [6, 6.07) is 8.17. The zero-order chi connectivity index (χ0) is 13.7. The zero-order valence-corrected chi connectivity index (χ0v) is 14.0. The van der Waals surface area contributed by atoms with Crippen LogP contribution in [0.2, 0.25) is 0 Å². The van der Waals surface area contributed by atoms with Crippen LogP contribution in [0, 0.1) is 0 Å². The molecule has 2 rings (SSSR count). The quantitative estimate of drug-likeness (QED) is 0.865. The van der Waals surface area contributed by atoms with Gasteiger partial charge in [0.2, 0.25) is 5.91 Å². The number of rotatable bonds is 4. The first-order valence-electron chi connectivity index (χ1n) is 6.63. The van der Waals surface area contributed by atoms with E-state index in [2.05, 4.69) is 31.5 Å². The van der Waals surface area contributed by atoms with Gasteiger partial charge in [0.15, 0.2) is 0 Å². The Morgan fingerprint density at radius 3 is 2.90 bits per heavy atom. The largest absolute Gasteiger partial charge is 0.324 e. The predicted molar refractivity (Wildman–Crippen MR) is 88.5 cm³/mol. The maximum Gasteiger partial charge on any atom is 0.238 e. The van der Waals surface area contributed by atoms with Crippen molar-refractivity contribution in [3.63, 3.8) is 0 Å². The summed E-state index contributed by atoms with van der Waals surface area (Å²) in [7, 11) is 1.98. The molecule has 1 amide bonds. The molecule has 1 unspecified atom stereocenters. The number of para-hydroxylation sites is 1. The fraction of sp³-hybridized carbons (Fsp3) is 0.500. The second-order valence-corrected chi connectivity index (χ2v) is 5.75. The van der Waals surface area contributed by atoms with Gasteiger partial charge in [-0.1, -0.05) is 12.1 Å². The summed E-state index contributed by atoms with van der Waals surface area (Å²) in [5, 5.41) is 6.23. The normalized spacial score (nSPS) is 19.2. The van der Waals surface area contributed by atoms with Gasteiger partial charge in [0.25, 0.3) is 0 Å². The van der Waals surface area contributed by atoms with Gasteiger partial charge < -0.3 is 10.6 Å². The van der Waals surface area contributed by atoms with Gasteiger partial charge in [0, 0.05) is 17.1 Å². The number of benzene rings is 1. The van der Waals surface area contributed by atoms with Gasteiger partial charge in [0.1, 0.15) is 0 Å². The first-order valence-corrected chi connectivity index (χ1v) is 7.42. The maximum absolute atomic E-state index is 12.0. The summed E-state index contributed by atoms with van der Waals surface area (Å²) >= 11 is 3.43. The number of carbonyl (C=O) groups excluding carboxylic acids is 1. The molecule has 20 heavy (non-hydrogen) atoms. The SMILES string of the molecule is CNC1CCCN(CC(=O)Nc2ccccc2Br)C1.Cl. The lowest BCUT2D eigenvalue weighted by atomic mass is 10.1. The molecule has 2 N–H and O–H groups in total. The molecule has 1 atom stereocenters. The summed E-state index contributed by atoms with van der Waals surface area (Å²) in [6.07, 6.45) is 2.34. The van der Waals surface area contributed by atoms with Crippen LogP contribution in [0.1, 0.15) is 12.8 Å². The summed E-state index contributed by atoms with van der Waals surface area (Å²) in [4.78, 5) is 14.2. The third kappa shape index (κ3) is 5.05. The number of likely N-dealkylation sites (tertiary alicyclic amines) is 1. The molecule has 1 aliphatic rings. The highest BCUT2D eigenvalue weighted by Gasteiger charge is 2.20. The van der Waals surface area contributed by atoms with Crippen LogP contribution in [0.15, 0.2) is 28.7 Å². The van der Waals surface area contributed by atoms with Gasteiger partial charge in [-0.05, 0) is 54.5 Å². The smallest absolute Gasteiger partial charge is 0.238 e. The van der Waals surface area contributed by atoms with Crippen LogP contribution >= 0.6 is 28.3 Å². The molecule has 0 aliphatic carbocycles. The van der Waals surface area contributed by atoms with E-state index in [0.717, 1.165) is 29.7 Å². The summed E-state index contributed by atoms with van der Waals surface area (Å²) < 4.78 is 0.912. The maximum atomic E-state index is 12.0. The Morgan fingerprint density at radius 2 is 2.20 bits per heavy atom. The molecule has 0 radical (unpaired) electrons. The number of piperidine rings is 1. The fourth-order valence-electron chi connectivity index (χ4n) is 2.39. The number of nitrogens with zero attached hydrogens (tertiary/aromatic N) is 1. The molecule has 0 aromatic heterocycles. The molecule has 6 heteroatoms. The van der Waals surface area contributed by atoms with E-state index >= 15 is 0 Å². The number of amides is 1. The van der Waals surface area contributed by atoms with Crippen molar-refractivity contribution >= 4 is 39.9 Å². The zero-order valence-electron chi connectivity index (χ0n) is 11.6. The number of hydrogen-bond acceptors (Lipinski definition) is 3. The van der Waals surface area contributed by atoms with Crippen molar-refractivity contribution in [1.29, 1.82) is 0 Å². The van der Waals surface area contributed by atoms with Crippen LogP contribution in [-0.4, -0.2) is 43.5 Å². The third-order valence-corrected chi connectivity index (χ3v) is 4.12. The highest BCUT2D eigenvalue weighted by Crippen LogP contribution is 2.21. The number of nitrogens with one attached hydrogen (secondary N) is 2. The molecule has 0 bridgehead atoms. The lowest BCUT2D eigenvalue weighted by Crippen LogP contribution is -2.46. The number of hydrogen-bond donors (Lipinski definition) is 2. The average molecular weight is 363 g/mol. The minimum Gasteiger partial charge on any atom is -0.324 e. The van der Waals surface area contributed by atoms with Crippen LogP contribution in [0.25, 0.3) is 0 Å². The van der Waals surface area contributed by atoms with E-state index in [1.54, 1.807) is 0 Å². The van der Waals surface area contributed by atoms with Crippen molar-refractivity contribution in [2.45, 2.75) is 18.9 Å². The number of carbonyl (C=O) groups is 1. The Labute approximate surface area is 134 Å². The first-order chi connectivity index (χ1) is 9.19. The molecule has 0 saturated carbocycles. The second-order valence-electron chi connectivity index (χ2n) is 4.89. The highest BCUT2D eigenvalue weighted by molar-refractivity contribution is 9.10. The number of likely N-dealkylation sites (N-methyl/N-ethyl adjacent to an activating group) is 1. The van der Waals surface area contributed by atoms with Gasteiger partial charge >= 0.3 is 0 Å². The molecule has 112 valence electrons. The molecule has 1 heterocycles. The molecule has 1 aromatic rings. The van der Waals surface area contributed by atoms with Gasteiger partial charge in [-0.3, -0.25) is 9.69 Å².